The van der Waals surface area contributed by atoms with Crippen LogP contribution >= 0.6 is 0 Å². The summed E-state index contributed by atoms with van der Waals surface area (Å²) in [6, 6.07) is 19.8. The zero-order chi connectivity index (χ0) is 30.4. The first-order chi connectivity index (χ1) is 20.1. The molecule has 1 atom stereocenters. The van der Waals surface area contributed by atoms with Gasteiger partial charge in [-0.1, -0.05) is 48.5 Å². The Kier molecular flexibility index (Phi) is 9.18. The molecule has 216 valence electrons. The number of aromatic hydroxyl groups is 1. The van der Waals surface area contributed by atoms with Gasteiger partial charge >= 0.3 is 5.97 Å². The highest BCUT2D eigenvalue weighted by molar-refractivity contribution is 6.00. The van der Waals surface area contributed by atoms with E-state index < -0.39 is 18.0 Å². The number of nitrogens with zero attached hydrogens (tertiary/aromatic N) is 2. The smallest absolute Gasteiger partial charge is 0.332 e. The Morgan fingerprint density at radius 3 is 2.24 bits per heavy atom. The van der Waals surface area contributed by atoms with Gasteiger partial charge in [-0.2, -0.15) is 0 Å². The van der Waals surface area contributed by atoms with E-state index in [0.717, 1.165) is 35.5 Å². The molecule has 10 nitrogen and oxygen atoms in total. The molecule has 1 aromatic heterocycles. The lowest BCUT2D eigenvalue weighted by Crippen LogP contribution is -2.23. The molecule has 0 radical (unpaired) electrons. The maximum Gasteiger partial charge on any atom is 0.332 e. The Balaban J connectivity index is 1.76. The molecule has 1 heterocycles. The average Bonchev–Trinajstić information content (AvgIpc) is 3.42. The second kappa shape index (κ2) is 13.0. The number of phenols is 1. The number of hydrogen-bond acceptors (Lipinski definition) is 7. The monoisotopic (exact) mass is 567 g/mol. The number of anilines is 1. The fraction of sp³-hybridized carbons (Fsp3) is 0.188. The molecule has 0 saturated carbocycles. The van der Waals surface area contributed by atoms with Crippen LogP contribution in [0.3, 0.4) is 0 Å². The maximum atomic E-state index is 11.1. The van der Waals surface area contributed by atoms with E-state index >= 15 is 0 Å². The van der Waals surface area contributed by atoms with Crippen molar-refractivity contribution in [2.75, 3.05) is 18.0 Å². The summed E-state index contributed by atoms with van der Waals surface area (Å²) in [5.41, 5.74) is 10.7. The number of nitrogens with two attached hydrogens (primary N) is 1. The summed E-state index contributed by atoms with van der Waals surface area (Å²) >= 11 is 0. The number of primary amides is 1. The van der Waals surface area contributed by atoms with Crippen molar-refractivity contribution in [2.24, 2.45) is 5.73 Å². The Labute approximate surface area is 243 Å². The number of aromatic nitrogens is 2. The fourth-order valence-electron chi connectivity index (χ4n) is 4.59. The Hall–Kier alpha value is -5.22. The summed E-state index contributed by atoms with van der Waals surface area (Å²) in [5, 5.41) is 37.7. The van der Waals surface area contributed by atoms with Gasteiger partial charge in [-0.05, 0) is 43.2 Å². The van der Waals surface area contributed by atoms with Crippen LogP contribution in [0.4, 0.5) is 5.69 Å². The topological polar surface area (TPSA) is 177 Å². The number of aliphatic hydroxyl groups is 1. The number of carboxylic acid groups (broad SMARTS) is 1. The van der Waals surface area contributed by atoms with Crippen molar-refractivity contribution in [3.8, 4) is 39.7 Å². The van der Waals surface area contributed by atoms with E-state index in [4.69, 9.17) is 21.2 Å². The van der Waals surface area contributed by atoms with Crippen molar-refractivity contribution in [1.29, 1.82) is 5.41 Å². The van der Waals surface area contributed by atoms with Crippen molar-refractivity contribution in [2.45, 2.75) is 26.4 Å². The van der Waals surface area contributed by atoms with Gasteiger partial charge in [-0.25, -0.2) is 9.78 Å². The zero-order valence-electron chi connectivity index (χ0n) is 23.3. The van der Waals surface area contributed by atoms with Gasteiger partial charge in [0, 0.05) is 54.2 Å². The summed E-state index contributed by atoms with van der Waals surface area (Å²) in [5.74, 6) is -1.38. The molecule has 1 unspecified atom stereocenters. The zero-order valence-corrected chi connectivity index (χ0v) is 23.3. The molecule has 42 heavy (non-hydrogen) atoms. The first kappa shape index (κ1) is 29.8. The van der Waals surface area contributed by atoms with E-state index in [0.29, 0.717) is 28.3 Å². The summed E-state index contributed by atoms with van der Waals surface area (Å²) in [6.07, 6.45) is 0.939. The lowest BCUT2D eigenvalue weighted by Gasteiger charge is -2.21. The highest BCUT2D eigenvalue weighted by Gasteiger charge is 2.20. The van der Waals surface area contributed by atoms with Crippen molar-refractivity contribution < 1.29 is 24.9 Å². The molecule has 0 aliphatic rings. The molecular weight excluding hydrogens is 534 g/mol. The predicted octanol–water partition coefficient (Wildman–Crippen LogP) is 4.66. The minimum atomic E-state index is -1.65. The van der Waals surface area contributed by atoms with Crippen molar-refractivity contribution in [3.63, 3.8) is 0 Å². The molecule has 10 heteroatoms. The second-order valence-corrected chi connectivity index (χ2v) is 9.65. The van der Waals surface area contributed by atoms with E-state index in [1.807, 2.05) is 36.4 Å². The van der Waals surface area contributed by atoms with E-state index in [9.17, 15) is 19.8 Å². The van der Waals surface area contributed by atoms with E-state index in [2.05, 4.69) is 23.7 Å². The number of rotatable bonds is 12. The molecule has 0 aliphatic heterocycles. The number of amides is 1. The van der Waals surface area contributed by atoms with Crippen LogP contribution in [-0.4, -0.2) is 62.1 Å². The lowest BCUT2D eigenvalue weighted by molar-refractivity contribution is -0.146. The van der Waals surface area contributed by atoms with Gasteiger partial charge in [0.2, 0.25) is 5.91 Å². The number of benzene rings is 3. The van der Waals surface area contributed by atoms with Gasteiger partial charge in [0.05, 0.1) is 17.0 Å². The van der Waals surface area contributed by atoms with Crippen LogP contribution in [0.25, 0.3) is 40.0 Å². The number of nitrogens with one attached hydrogen (secondary N) is 2. The molecule has 0 bridgehead atoms. The standard InChI is InChI=1S/C32H33N5O5/c1-3-37(4-2)23-14-15-24(26(38)17-23)31-35-29(21-8-5-19(6-9-21)7-16-28(34)40)30(36-31)22-12-10-20(11-13-22)25(33)18-27(39)32(41)42/h5-17,27,33,38-39H,3-4,18H2,1-2H3,(H2,34,40)(H,35,36)(H,41,42)/b16-7+,33-25?. The van der Waals surface area contributed by atoms with Crippen molar-refractivity contribution in [1.82, 2.24) is 9.97 Å². The first-order valence-electron chi connectivity index (χ1n) is 13.5. The lowest BCUT2D eigenvalue weighted by atomic mass is 9.99. The minimum absolute atomic E-state index is 0.00258. The van der Waals surface area contributed by atoms with Crippen LogP contribution in [0, 0.1) is 5.41 Å². The van der Waals surface area contributed by atoms with E-state index in [1.165, 1.54) is 6.08 Å². The molecule has 4 aromatic rings. The Bertz CT molecular complexity index is 1620. The minimum Gasteiger partial charge on any atom is -0.507 e. The quantitative estimate of drug-likeness (QED) is 0.106. The number of carbonyl (C=O) groups excluding carboxylic acids is 1. The normalized spacial score (nSPS) is 11.9. The van der Waals surface area contributed by atoms with Crippen LogP contribution in [0.2, 0.25) is 0 Å². The van der Waals surface area contributed by atoms with Crippen LogP contribution < -0.4 is 10.6 Å². The molecule has 1 amide bonds. The molecule has 3 aromatic carbocycles. The molecule has 0 saturated heterocycles. The number of aromatic amines is 1. The summed E-state index contributed by atoms with van der Waals surface area (Å²) in [7, 11) is 0. The van der Waals surface area contributed by atoms with Crippen LogP contribution in [-0.2, 0) is 9.59 Å². The van der Waals surface area contributed by atoms with E-state index in [1.54, 1.807) is 36.4 Å². The number of aliphatic carboxylic acids is 1. The SMILES string of the molecule is CCN(CC)c1ccc(-c2nc(-c3ccc(C(=N)CC(O)C(=O)O)cc3)c(-c3ccc(/C=C/C(N)=O)cc3)[nH]2)c(O)c1. The third-order valence-corrected chi connectivity index (χ3v) is 6.90. The second-order valence-electron chi connectivity index (χ2n) is 9.65. The van der Waals surface area contributed by atoms with Gasteiger partial charge < -0.3 is 36.3 Å². The van der Waals surface area contributed by atoms with Crippen molar-refractivity contribution >= 4 is 29.4 Å². The number of imidazole rings is 1. The van der Waals surface area contributed by atoms with Crippen LogP contribution in [0.1, 0.15) is 31.4 Å². The first-order valence-corrected chi connectivity index (χ1v) is 13.5. The molecule has 0 spiro atoms. The highest BCUT2D eigenvalue weighted by Crippen LogP contribution is 2.37. The van der Waals surface area contributed by atoms with Gasteiger partial charge in [-0.3, -0.25) is 4.79 Å². The Morgan fingerprint density at radius 1 is 1.02 bits per heavy atom. The average molecular weight is 568 g/mol. The predicted molar refractivity (Wildman–Crippen MR) is 163 cm³/mol. The van der Waals surface area contributed by atoms with Crippen LogP contribution in [0.5, 0.6) is 5.75 Å². The largest absolute Gasteiger partial charge is 0.507 e. The van der Waals surface area contributed by atoms with Gasteiger partial charge in [-0.15, -0.1) is 0 Å². The number of carbonyl (C=O) groups is 2. The third-order valence-electron chi connectivity index (χ3n) is 6.90. The molecule has 7 N–H and O–H groups in total. The number of hydrogen-bond donors (Lipinski definition) is 6. The van der Waals surface area contributed by atoms with Gasteiger partial charge in [0.1, 0.15) is 11.6 Å². The third kappa shape index (κ3) is 6.73. The van der Waals surface area contributed by atoms with E-state index in [-0.39, 0.29) is 17.9 Å². The van der Waals surface area contributed by atoms with Gasteiger partial charge in [0.25, 0.3) is 0 Å². The van der Waals surface area contributed by atoms with Crippen LogP contribution in [0.15, 0.2) is 72.8 Å². The fourth-order valence-corrected chi connectivity index (χ4v) is 4.59. The molecule has 0 fully saturated rings. The molecule has 0 aliphatic carbocycles. The molecule has 4 rings (SSSR count). The number of aliphatic hydroxyl groups excluding tert-OH is 1. The number of phenolic OH excluding ortho intramolecular Hbond substituents is 1. The molecular formula is C32H33N5O5. The summed E-state index contributed by atoms with van der Waals surface area (Å²) in [4.78, 5) is 32.4. The highest BCUT2D eigenvalue weighted by atomic mass is 16.4. The van der Waals surface area contributed by atoms with Gasteiger partial charge in [0.15, 0.2) is 6.10 Å². The summed E-state index contributed by atoms with van der Waals surface area (Å²) < 4.78 is 0. The maximum absolute atomic E-state index is 11.1. The number of H-pyrrole nitrogens is 1. The summed E-state index contributed by atoms with van der Waals surface area (Å²) in [6.45, 7) is 5.71. The number of carboxylic acids is 1. The van der Waals surface area contributed by atoms with Crippen molar-refractivity contribution in [3.05, 3.63) is 83.9 Å². The Morgan fingerprint density at radius 2 is 1.67 bits per heavy atom.